The molecule has 2 aromatic rings. The van der Waals surface area contributed by atoms with Crippen LogP contribution in [-0.4, -0.2) is 46.8 Å². The van der Waals surface area contributed by atoms with Crippen molar-refractivity contribution in [2.45, 2.75) is 26.2 Å². The van der Waals surface area contributed by atoms with Gasteiger partial charge in [-0.15, -0.1) is 0 Å². The summed E-state index contributed by atoms with van der Waals surface area (Å²) < 4.78 is 1.66. The third-order valence-corrected chi connectivity index (χ3v) is 4.81. The minimum Gasteiger partial charge on any atom is -0.351 e. The predicted octanol–water partition coefficient (Wildman–Crippen LogP) is 3.38. The van der Waals surface area contributed by atoms with Crippen molar-refractivity contribution in [2.24, 2.45) is 5.92 Å². The fourth-order valence-electron chi connectivity index (χ4n) is 3.29. The standard InChI is InChI=1S/C19H25ClN4O/c1-15-5-3-10-23(14-15)11-4-9-21-19(25)18-8-12-24(22-18)17-7-2-6-16(20)13-17/h2,6-8,12-13,15H,3-5,9-11,14H2,1H3,(H,21,25). The number of likely N-dealkylation sites (tertiary alicyclic amines) is 1. The summed E-state index contributed by atoms with van der Waals surface area (Å²) >= 11 is 6.00. The summed E-state index contributed by atoms with van der Waals surface area (Å²) in [6.07, 6.45) is 5.36. The number of hydrogen-bond donors (Lipinski definition) is 1. The summed E-state index contributed by atoms with van der Waals surface area (Å²) in [4.78, 5) is 14.7. The van der Waals surface area contributed by atoms with E-state index in [-0.39, 0.29) is 5.91 Å². The molecule has 1 aliphatic rings. The summed E-state index contributed by atoms with van der Waals surface area (Å²) in [7, 11) is 0. The van der Waals surface area contributed by atoms with Crippen LogP contribution >= 0.6 is 11.6 Å². The van der Waals surface area contributed by atoms with Gasteiger partial charge < -0.3 is 10.2 Å². The molecule has 1 saturated heterocycles. The molecule has 3 rings (SSSR count). The molecule has 1 aromatic heterocycles. The van der Waals surface area contributed by atoms with Gasteiger partial charge in [-0.1, -0.05) is 24.6 Å². The number of aromatic nitrogens is 2. The Labute approximate surface area is 154 Å². The molecule has 1 unspecified atom stereocenters. The highest BCUT2D eigenvalue weighted by molar-refractivity contribution is 6.30. The smallest absolute Gasteiger partial charge is 0.271 e. The predicted molar refractivity (Wildman–Crippen MR) is 100 cm³/mol. The number of amides is 1. The lowest BCUT2D eigenvalue weighted by atomic mass is 10.0. The normalized spacial score (nSPS) is 18.2. The van der Waals surface area contributed by atoms with Crippen LogP contribution in [0.25, 0.3) is 5.69 Å². The largest absolute Gasteiger partial charge is 0.351 e. The van der Waals surface area contributed by atoms with Crippen molar-refractivity contribution >= 4 is 17.5 Å². The maximum atomic E-state index is 12.2. The Hall–Kier alpha value is -1.85. The highest BCUT2D eigenvalue weighted by Gasteiger charge is 2.15. The zero-order chi connectivity index (χ0) is 17.6. The van der Waals surface area contributed by atoms with E-state index in [1.54, 1.807) is 16.9 Å². The van der Waals surface area contributed by atoms with Gasteiger partial charge >= 0.3 is 0 Å². The van der Waals surface area contributed by atoms with Crippen LogP contribution in [0.15, 0.2) is 36.5 Å². The molecule has 1 fully saturated rings. The van der Waals surface area contributed by atoms with E-state index in [1.807, 2.05) is 24.3 Å². The lowest BCUT2D eigenvalue weighted by molar-refractivity contribution is 0.0944. The maximum absolute atomic E-state index is 12.2. The third kappa shape index (κ3) is 5.06. The number of piperidine rings is 1. The fourth-order valence-corrected chi connectivity index (χ4v) is 3.48. The summed E-state index contributed by atoms with van der Waals surface area (Å²) in [5.41, 5.74) is 1.26. The minimum atomic E-state index is -0.132. The van der Waals surface area contributed by atoms with Crippen LogP contribution in [0.5, 0.6) is 0 Å². The molecule has 0 saturated carbocycles. The molecule has 6 heteroatoms. The Morgan fingerprint density at radius 1 is 1.40 bits per heavy atom. The maximum Gasteiger partial charge on any atom is 0.271 e. The summed E-state index contributed by atoms with van der Waals surface area (Å²) in [6.45, 7) is 6.39. The van der Waals surface area contributed by atoms with E-state index >= 15 is 0 Å². The molecule has 0 aliphatic carbocycles. The van der Waals surface area contributed by atoms with Gasteiger partial charge in [-0.05, 0) is 62.5 Å². The van der Waals surface area contributed by atoms with Crippen LogP contribution in [0.4, 0.5) is 0 Å². The van der Waals surface area contributed by atoms with Gasteiger partial charge in [-0.3, -0.25) is 4.79 Å². The minimum absolute atomic E-state index is 0.132. The van der Waals surface area contributed by atoms with Crippen molar-refractivity contribution in [1.82, 2.24) is 20.0 Å². The number of nitrogens with zero attached hydrogens (tertiary/aromatic N) is 3. The number of nitrogens with one attached hydrogen (secondary N) is 1. The van der Waals surface area contributed by atoms with Gasteiger partial charge in [-0.2, -0.15) is 5.10 Å². The monoisotopic (exact) mass is 360 g/mol. The van der Waals surface area contributed by atoms with Gasteiger partial charge in [0.15, 0.2) is 5.69 Å². The Kier molecular flexibility index (Phi) is 6.10. The first-order chi connectivity index (χ1) is 12.1. The van der Waals surface area contributed by atoms with E-state index in [2.05, 4.69) is 22.2 Å². The quantitative estimate of drug-likeness (QED) is 0.803. The zero-order valence-corrected chi connectivity index (χ0v) is 15.4. The van der Waals surface area contributed by atoms with E-state index in [0.29, 0.717) is 17.3 Å². The molecule has 1 atom stereocenters. The second-order valence-electron chi connectivity index (χ2n) is 6.78. The van der Waals surface area contributed by atoms with E-state index in [0.717, 1.165) is 24.6 Å². The lowest BCUT2D eigenvalue weighted by Crippen LogP contribution is -2.36. The molecule has 2 heterocycles. The summed E-state index contributed by atoms with van der Waals surface area (Å²) in [6, 6.07) is 9.12. The first-order valence-electron chi connectivity index (χ1n) is 8.94. The van der Waals surface area contributed by atoms with Gasteiger partial charge in [-0.25, -0.2) is 4.68 Å². The molecule has 1 aromatic carbocycles. The van der Waals surface area contributed by atoms with Crippen LogP contribution in [-0.2, 0) is 0 Å². The Bertz CT molecular complexity index is 715. The average molecular weight is 361 g/mol. The second-order valence-corrected chi connectivity index (χ2v) is 7.22. The van der Waals surface area contributed by atoms with Gasteiger partial charge in [0.05, 0.1) is 5.69 Å². The summed E-state index contributed by atoms with van der Waals surface area (Å²) in [5, 5.41) is 7.94. The SMILES string of the molecule is CC1CCCN(CCCNC(=O)c2ccn(-c3cccc(Cl)c3)n2)C1. The number of hydrogen-bond acceptors (Lipinski definition) is 3. The van der Waals surface area contributed by atoms with Gasteiger partial charge in [0.25, 0.3) is 5.91 Å². The number of benzene rings is 1. The average Bonchev–Trinajstić information content (AvgIpc) is 3.09. The molecule has 134 valence electrons. The van der Waals surface area contributed by atoms with E-state index in [1.165, 1.54) is 25.9 Å². The molecule has 1 aliphatic heterocycles. The van der Waals surface area contributed by atoms with Crippen molar-refractivity contribution in [1.29, 1.82) is 0 Å². The molecular formula is C19H25ClN4O. The fraction of sp³-hybridized carbons (Fsp3) is 0.474. The lowest BCUT2D eigenvalue weighted by Gasteiger charge is -2.30. The van der Waals surface area contributed by atoms with Crippen LogP contribution in [0, 0.1) is 5.92 Å². The first kappa shape index (κ1) is 18.0. The zero-order valence-electron chi connectivity index (χ0n) is 14.6. The molecule has 1 amide bonds. The Balaban J connectivity index is 1.46. The molecule has 0 spiro atoms. The highest BCUT2D eigenvalue weighted by Crippen LogP contribution is 2.15. The molecule has 0 bridgehead atoms. The molecular weight excluding hydrogens is 336 g/mol. The molecule has 25 heavy (non-hydrogen) atoms. The van der Waals surface area contributed by atoms with Gasteiger partial charge in [0.2, 0.25) is 0 Å². The van der Waals surface area contributed by atoms with E-state index in [9.17, 15) is 4.79 Å². The van der Waals surface area contributed by atoms with Crippen LogP contribution in [0.1, 0.15) is 36.7 Å². The third-order valence-electron chi connectivity index (χ3n) is 4.57. The van der Waals surface area contributed by atoms with Crippen molar-refractivity contribution in [3.05, 3.63) is 47.2 Å². The molecule has 0 radical (unpaired) electrons. The Morgan fingerprint density at radius 2 is 2.28 bits per heavy atom. The van der Waals surface area contributed by atoms with Crippen molar-refractivity contribution in [3.63, 3.8) is 0 Å². The first-order valence-corrected chi connectivity index (χ1v) is 9.32. The van der Waals surface area contributed by atoms with E-state index < -0.39 is 0 Å². The Morgan fingerprint density at radius 3 is 3.08 bits per heavy atom. The molecule has 5 nitrogen and oxygen atoms in total. The van der Waals surface area contributed by atoms with Crippen LogP contribution in [0.2, 0.25) is 5.02 Å². The van der Waals surface area contributed by atoms with Crippen molar-refractivity contribution in [2.75, 3.05) is 26.2 Å². The number of rotatable bonds is 6. The summed E-state index contributed by atoms with van der Waals surface area (Å²) in [5.74, 6) is 0.659. The van der Waals surface area contributed by atoms with Crippen molar-refractivity contribution in [3.8, 4) is 5.69 Å². The van der Waals surface area contributed by atoms with Gasteiger partial charge in [0.1, 0.15) is 0 Å². The number of halogens is 1. The highest BCUT2D eigenvalue weighted by atomic mass is 35.5. The van der Waals surface area contributed by atoms with E-state index in [4.69, 9.17) is 11.6 Å². The second kappa shape index (κ2) is 8.50. The van der Waals surface area contributed by atoms with Crippen molar-refractivity contribution < 1.29 is 4.79 Å². The van der Waals surface area contributed by atoms with Crippen LogP contribution in [0.3, 0.4) is 0 Å². The topological polar surface area (TPSA) is 50.2 Å². The number of carbonyl (C=O) groups excluding carboxylic acids is 1. The number of carbonyl (C=O) groups is 1. The van der Waals surface area contributed by atoms with Gasteiger partial charge in [0, 0.05) is 24.3 Å². The van der Waals surface area contributed by atoms with Crippen LogP contribution < -0.4 is 5.32 Å². The molecule has 1 N–H and O–H groups in total.